The summed E-state index contributed by atoms with van der Waals surface area (Å²) in [4.78, 5) is 0. The molecule has 1 fully saturated rings. The molecule has 1 saturated carbocycles. The van der Waals surface area contributed by atoms with Crippen LogP contribution in [0.2, 0.25) is 0 Å². The van der Waals surface area contributed by atoms with Gasteiger partial charge in [-0.05, 0) is 43.4 Å². The molecule has 0 heterocycles. The van der Waals surface area contributed by atoms with Crippen LogP contribution in [0.3, 0.4) is 0 Å². The molecule has 0 unspecified atom stereocenters. The molecule has 0 bridgehead atoms. The first-order valence-corrected chi connectivity index (χ1v) is 6.44. The van der Waals surface area contributed by atoms with Crippen LogP contribution in [0.4, 0.5) is 0 Å². The summed E-state index contributed by atoms with van der Waals surface area (Å²) >= 11 is 0. The van der Waals surface area contributed by atoms with Gasteiger partial charge in [0.05, 0.1) is 0 Å². The van der Waals surface area contributed by atoms with Gasteiger partial charge in [-0.15, -0.1) is 0 Å². The lowest BCUT2D eigenvalue weighted by atomic mass is 9.82. The summed E-state index contributed by atoms with van der Waals surface area (Å²) in [5.41, 5.74) is 0. The minimum absolute atomic E-state index is 0.828. The fourth-order valence-corrected chi connectivity index (χ4v) is 2.35. The lowest BCUT2D eigenvalue weighted by Gasteiger charge is -2.24. The standard InChI is InChI=1S/C14H26/c1-4-13(5-2)10-11-14-8-6-12(3)7-9-14/h10-14H,4-9H2,1-3H3/b11-10+. The molecule has 0 N–H and O–H groups in total. The van der Waals surface area contributed by atoms with E-state index in [4.69, 9.17) is 0 Å². The van der Waals surface area contributed by atoms with Crippen LogP contribution in [-0.2, 0) is 0 Å². The monoisotopic (exact) mass is 194 g/mol. The Kier molecular flexibility index (Phi) is 5.29. The second-order valence-electron chi connectivity index (χ2n) is 4.98. The van der Waals surface area contributed by atoms with Crippen LogP contribution in [-0.4, -0.2) is 0 Å². The average molecular weight is 194 g/mol. The van der Waals surface area contributed by atoms with Crippen molar-refractivity contribution < 1.29 is 0 Å². The van der Waals surface area contributed by atoms with Gasteiger partial charge in [0.15, 0.2) is 0 Å². The summed E-state index contributed by atoms with van der Waals surface area (Å²) in [7, 11) is 0. The van der Waals surface area contributed by atoms with E-state index in [1.54, 1.807) is 0 Å². The zero-order chi connectivity index (χ0) is 10.4. The Hall–Kier alpha value is -0.260. The second-order valence-corrected chi connectivity index (χ2v) is 4.98. The molecule has 14 heavy (non-hydrogen) atoms. The minimum atomic E-state index is 0.828. The molecule has 0 aromatic heterocycles. The van der Waals surface area contributed by atoms with Crippen LogP contribution in [0.5, 0.6) is 0 Å². The summed E-state index contributed by atoms with van der Waals surface area (Å²) in [6.07, 6.45) is 13.3. The third-order valence-electron chi connectivity index (χ3n) is 3.76. The largest absolute Gasteiger partial charge is 0.0852 e. The molecule has 1 aliphatic rings. The molecule has 0 radical (unpaired) electrons. The maximum atomic E-state index is 2.50. The fourth-order valence-electron chi connectivity index (χ4n) is 2.35. The third kappa shape index (κ3) is 3.86. The zero-order valence-corrected chi connectivity index (χ0v) is 10.1. The van der Waals surface area contributed by atoms with Crippen LogP contribution >= 0.6 is 0 Å². The first-order valence-electron chi connectivity index (χ1n) is 6.44. The lowest BCUT2D eigenvalue weighted by Crippen LogP contribution is -2.10. The Morgan fingerprint density at radius 2 is 1.64 bits per heavy atom. The summed E-state index contributed by atoms with van der Waals surface area (Å²) in [6.45, 7) is 6.98. The molecule has 0 atom stereocenters. The minimum Gasteiger partial charge on any atom is -0.0852 e. The average Bonchev–Trinajstić information content (AvgIpc) is 2.22. The second kappa shape index (κ2) is 6.27. The van der Waals surface area contributed by atoms with Crippen LogP contribution in [0, 0.1) is 17.8 Å². The Morgan fingerprint density at radius 3 is 2.14 bits per heavy atom. The van der Waals surface area contributed by atoms with Gasteiger partial charge in [-0.2, -0.15) is 0 Å². The maximum Gasteiger partial charge on any atom is -0.0233 e. The molecule has 0 aromatic carbocycles. The van der Waals surface area contributed by atoms with E-state index in [-0.39, 0.29) is 0 Å². The molecule has 0 aliphatic heterocycles. The Morgan fingerprint density at radius 1 is 1.07 bits per heavy atom. The Balaban J connectivity index is 2.29. The SMILES string of the molecule is CCC(/C=C/C1CCC(C)CC1)CC. The van der Waals surface area contributed by atoms with E-state index in [0.29, 0.717) is 0 Å². The number of hydrogen-bond donors (Lipinski definition) is 0. The maximum absolute atomic E-state index is 2.50. The van der Waals surface area contributed by atoms with Gasteiger partial charge in [-0.3, -0.25) is 0 Å². The van der Waals surface area contributed by atoms with Crippen molar-refractivity contribution in [3.05, 3.63) is 12.2 Å². The third-order valence-corrected chi connectivity index (χ3v) is 3.76. The van der Waals surface area contributed by atoms with Crippen molar-refractivity contribution in [1.29, 1.82) is 0 Å². The first kappa shape index (κ1) is 11.8. The fraction of sp³-hybridized carbons (Fsp3) is 0.857. The molecule has 1 aliphatic carbocycles. The van der Waals surface area contributed by atoms with Gasteiger partial charge in [-0.1, -0.05) is 45.8 Å². The van der Waals surface area contributed by atoms with Crippen molar-refractivity contribution in [2.75, 3.05) is 0 Å². The van der Waals surface area contributed by atoms with Gasteiger partial charge in [-0.25, -0.2) is 0 Å². The summed E-state index contributed by atoms with van der Waals surface area (Å²) < 4.78 is 0. The summed E-state index contributed by atoms with van der Waals surface area (Å²) in [5, 5.41) is 0. The lowest BCUT2D eigenvalue weighted by molar-refractivity contribution is 0.329. The summed E-state index contributed by atoms with van der Waals surface area (Å²) in [6, 6.07) is 0. The molecule has 82 valence electrons. The molecule has 0 aromatic rings. The van der Waals surface area contributed by atoms with Crippen LogP contribution in [0.25, 0.3) is 0 Å². The van der Waals surface area contributed by atoms with Gasteiger partial charge >= 0.3 is 0 Å². The highest BCUT2D eigenvalue weighted by molar-refractivity contribution is 4.93. The molecule has 0 spiro atoms. The molecule has 0 heteroatoms. The Labute approximate surface area is 89.8 Å². The highest BCUT2D eigenvalue weighted by Gasteiger charge is 2.15. The van der Waals surface area contributed by atoms with Crippen LogP contribution in [0.15, 0.2) is 12.2 Å². The normalized spacial score (nSPS) is 28.9. The van der Waals surface area contributed by atoms with Crippen molar-refractivity contribution in [1.82, 2.24) is 0 Å². The molecular weight excluding hydrogens is 168 g/mol. The van der Waals surface area contributed by atoms with E-state index in [1.807, 2.05) is 0 Å². The van der Waals surface area contributed by atoms with E-state index >= 15 is 0 Å². The highest BCUT2D eigenvalue weighted by atomic mass is 14.2. The quantitative estimate of drug-likeness (QED) is 0.564. The molecule has 1 rings (SSSR count). The molecular formula is C14H26. The highest BCUT2D eigenvalue weighted by Crippen LogP contribution is 2.29. The van der Waals surface area contributed by atoms with Crippen molar-refractivity contribution in [2.45, 2.75) is 59.3 Å². The number of rotatable bonds is 4. The smallest absolute Gasteiger partial charge is 0.0233 e. The molecule has 0 nitrogen and oxygen atoms in total. The van der Waals surface area contributed by atoms with Gasteiger partial charge in [0.25, 0.3) is 0 Å². The van der Waals surface area contributed by atoms with E-state index < -0.39 is 0 Å². The number of hydrogen-bond acceptors (Lipinski definition) is 0. The van der Waals surface area contributed by atoms with Crippen molar-refractivity contribution >= 4 is 0 Å². The van der Waals surface area contributed by atoms with Crippen LogP contribution in [0.1, 0.15) is 59.3 Å². The van der Waals surface area contributed by atoms with E-state index in [1.165, 1.54) is 38.5 Å². The van der Waals surface area contributed by atoms with Gasteiger partial charge in [0, 0.05) is 0 Å². The van der Waals surface area contributed by atoms with Crippen molar-refractivity contribution in [3.63, 3.8) is 0 Å². The molecule has 0 amide bonds. The van der Waals surface area contributed by atoms with Crippen LogP contribution < -0.4 is 0 Å². The van der Waals surface area contributed by atoms with Crippen molar-refractivity contribution in [3.8, 4) is 0 Å². The van der Waals surface area contributed by atoms with E-state index in [2.05, 4.69) is 32.9 Å². The predicted octanol–water partition coefficient (Wildman–Crippen LogP) is 4.81. The van der Waals surface area contributed by atoms with Gasteiger partial charge in [0.2, 0.25) is 0 Å². The van der Waals surface area contributed by atoms with Crippen molar-refractivity contribution in [2.24, 2.45) is 17.8 Å². The molecule has 0 saturated heterocycles. The topological polar surface area (TPSA) is 0 Å². The van der Waals surface area contributed by atoms with Gasteiger partial charge < -0.3 is 0 Å². The Bertz CT molecular complexity index is 157. The summed E-state index contributed by atoms with van der Waals surface area (Å²) in [5.74, 6) is 2.70. The first-order chi connectivity index (χ1) is 6.76. The van der Waals surface area contributed by atoms with E-state index in [9.17, 15) is 0 Å². The zero-order valence-electron chi connectivity index (χ0n) is 10.1. The number of allylic oxidation sites excluding steroid dienone is 2. The predicted molar refractivity (Wildman–Crippen MR) is 64.3 cm³/mol. The van der Waals surface area contributed by atoms with Gasteiger partial charge in [0.1, 0.15) is 0 Å². The van der Waals surface area contributed by atoms with E-state index in [0.717, 1.165) is 17.8 Å².